The summed E-state index contributed by atoms with van der Waals surface area (Å²) < 4.78 is 5.13. The molecule has 1 unspecified atom stereocenters. The molecular formula is C17H15NO2. The Balaban J connectivity index is 1.97. The monoisotopic (exact) mass is 265 g/mol. The lowest BCUT2D eigenvalue weighted by Crippen LogP contribution is -2.17. The third-order valence-corrected chi connectivity index (χ3v) is 3.54. The van der Waals surface area contributed by atoms with Gasteiger partial charge in [-0.05, 0) is 42.3 Å². The molecule has 20 heavy (non-hydrogen) atoms. The summed E-state index contributed by atoms with van der Waals surface area (Å²) in [6.07, 6.45) is 1.73. The number of carbonyl (C=O) groups is 1. The quantitative estimate of drug-likeness (QED) is 0.830. The molecule has 1 aliphatic rings. The molecule has 1 atom stereocenters. The third kappa shape index (κ3) is 2.11. The van der Waals surface area contributed by atoms with Crippen molar-refractivity contribution in [2.75, 3.05) is 7.11 Å². The predicted molar refractivity (Wildman–Crippen MR) is 79.4 cm³/mol. The van der Waals surface area contributed by atoms with Gasteiger partial charge in [0.1, 0.15) is 5.75 Å². The average Bonchev–Trinajstić information content (AvgIpc) is 2.48. The minimum absolute atomic E-state index is 0.0974. The Hall–Kier alpha value is -2.42. The van der Waals surface area contributed by atoms with Gasteiger partial charge in [0.25, 0.3) is 0 Å². The standard InChI is InChI=1S/C17H15NO2/c1-11-3-8-14-16(9-11)18-10-15(17(14)19)12-4-6-13(20-2)7-5-12/h3-10,15H,1-2H3. The van der Waals surface area contributed by atoms with Crippen molar-refractivity contribution in [3.63, 3.8) is 0 Å². The van der Waals surface area contributed by atoms with Crippen molar-refractivity contribution in [2.45, 2.75) is 12.8 Å². The molecule has 3 rings (SSSR count). The molecule has 0 bridgehead atoms. The predicted octanol–water partition coefficient (Wildman–Crippen LogP) is 3.69. The molecule has 0 radical (unpaired) electrons. The van der Waals surface area contributed by atoms with E-state index in [9.17, 15) is 4.79 Å². The average molecular weight is 265 g/mol. The Morgan fingerprint density at radius 3 is 2.55 bits per heavy atom. The maximum absolute atomic E-state index is 12.6. The van der Waals surface area contributed by atoms with Gasteiger partial charge in [0.15, 0.2) is 5.78 Å². The number of fused-ring (bicyclic) bond motifs is 1. The molecule has 0 spiro atoms. The fourth-order valence-corrected chi connectivity index (χ4v) is 2.40. The number of Topliss-reactive ketones (excluding diaryl/α,β-unsaturated/α-hetero) is 1. The minimum Gasteiger partial charge on any atom is -0.497 e. The SMILES string of the molecule is COc1ccc(C2C=Nc3cc(C)ccc3C2=O)cc1. The zero-order valence-electron chi connectivity index (χ0n) is 11.5. The highest BCUT2D eigenvalue weighted by Crippen LogP contribution is 2.32. The van der Waals surface area contributed by atoms with E-state index in [4.69, 9.17) is 4.74 Å². The summed E-state index contributed by atoms with van der Waals surface area (Å²) in [5.41, 5.74) is 3.50. The van der Waals surface area contributed by atoms with E-state index in [0.717, 1.165) is 22.6 Å². The van der Waals surface area contributed by atoms with E-state index in [0.29, 0.717) is 5.56 Å². The zero-order valence-corrected chi connectivity index (χ0v) is 11.5. The van der Waals surface area contributed by atoms with Crippen LogP contribution < -0.4 is 4.74 Å². The van der Waals surface area contributed by atoms with Gasteiger partial charge in [0, 0.05) is 11.8 Å². The van der Waals surface area contributed by atoms with Crippen LogP contribution in [0.4, 0.5) is 5.69 Å². The van der Waals surface area contributed by atoms with Crippen LogP contribution in [-0.2, 0) is 0 Å². The second kappa shape index (κ2) is 4.93. The van der Waals surface area contributed by atoms with Gasteiger partial charge in [-0.3, -0.25) is 9.79 Å². The van der Waals surface area contributed by atoms with Crippen LogP contribution in [0, 0.1) is 6.92 Å². The number of ketones is 1. The molecule has 3 heteroatoms. The van der Waals surface area contributed by atoms with Gasteiger partial charge in [-0.15, -0.1) is 0 Å². The zero-order chi connectivity index (χ0) is 14.1. The topological polar surface area (TPSA) is 38.7 Å². The van der Waals surface area contributed by atoms with Gasteiger partial charge < -0.3 is 4.74 Å². The summed E-state index contributed by atoms with van der Waals surface area (Å²) in [7, 11) is 1.63. The number of benzene rings is 2. The van der Waals surface area contributed by atoms with E-state index in [1.165, 1.54) is 0 Å². The summed E-state index contributed by atoms with van der Waals surface area (Å²) >= 11 is 0. The maximum atomic E-state index is 12.6. The molecule has 0 fully saturated rings. The Morgan fingerprint density at radius 2 is 1.85 bits per heavy atom. The van der Waals surface area contributed by atoms with E-state index in [1.54, 1.807) is 13.3 Å². The first-order valence-electron chi connectivity index (χ1n) is 6.52. The van der Waals surface area contributed by atoms with Crippen LogP contribution in [0.5, 0.6) is 5.75 Å². The lowest BCUT2D eigenvalue weighted by molar-refractivity contribution is 0.0983. The molecule has 1 heterocycles. The van der Waals surface area contributed by atoms with E-state index in [2.05, 4.69) is 4.99 Å². The Morgan fingerprint density at radius 1 is 1.10 bits per heavy atom. The maximum Gasteiger partial charge on any atom is 0.177 e. The van der Waals surface area contributed by atoms with Crippen LogP contribution in [0.3, 0.4) is 0 Å². The normalized spacial score (nSPS) is 16.9. The molecule has 0 aromatic heterocycles. The number of aryl methyl sites for hydroxylation is 1. The summed E-state index contributed by atoms with van der Waals surface area (Å²) in [5, 5.41) is 0. The molecule has 100 valence electrons. The van der Waals surface area contributed by atoms with Crippen LogP contribution in [-0.4, -0.2) is 19.1 Å². The van der Waals surface area contributed by atoms with E-state index in [1.807, 2.05) is 49.4 Å². The van der Waals surface area contributed by atoms with E-state index in [-0.39, 0.29) is 11.7 Å². The second-order valence-corrected chi connectivity index (χ2v) is 4.91. The van der Waals surface area contributed by atoms with Crippen molar-refractivity contribution in [3.8, 4) is 5.75 Å². The van der Waals surface area contributed by atoms with E-state index >= 15 is 0 Å². The van der Waals surface area contributed by atoms with Gasteiger partial charge >= 0.3 is 0 Å². The fraction of sp³-hybridized carbons (Fsp3) is 0.176. The molecule has 2 aromatic rings. The third-order valence-electron chi connectivity index (χ3n) is 3.54. The van der Waals surface area contributed by atoms with Crippen LogP contribution in [0.25, 0.3) is 0 Å². The number of aliphatic imine (C=N–C) groups is 1. The number of ether oxygens (including phenoxy) is 1. The summed E-state index contributed by atoms with van der Waals surface area (Å²) in [6.45, 7) is 2.00. The molecule has 0 amide bonds. The number of nitrogens with zero attached hydrogens (tertiary/aromatic N) is 1. The van der Waals surface area contributed by atoms with Crippen molar-refractivity contribution >= 4 is 17.7 Å². The van der Waals surface area contributed by atoms with Gasteiger partial charge in [-0.2, -0.15) is 0 Å². The first-order chi connectivity index (χ1) is 9.69. The summed E-state index contributed by atoms with van der Waals surface area (Å²) in [4.78, 5) is 17.0. The largest absolute Gasteiger partial charge is 0.497 e. The van der Waals surface area contributed by atoms with Crippen LogP contribution in [0.2, 0.25) is 0 Å². The molecule has 0 saturated carbocycles. The van der Waals surface area contributed by atoms with Gasteiger partial charge in [-0.25, -0.2) is 0 Å². The Bertz CT molecular complexity index is 687. The number of hydrogen-bond donors (Lipinski definition) is 0. The number of hydrogen-bond acceptors (Lipinski definition) is 3. The van der Waals surface area contributed by atoms with Crippen molar-refractivity contribution in [3.05, 3.63) is 59.2 Å². The van der Waals surface area contributed by atoms with Crippen molar-refractivity contribution in [1.82, 2.24) is 0 Å². The smallest absolute Gasteiger partial charge is 0.177 e. The highest BCUT2D eigenvalue weighted by Gasteiger charge is 2.26. The molecular weight excluding hydrogens is 250 g/mol. The van der Waals surface area contributed by atoms with Gasteiger partial charge in [0.2, 0.25) is 0 Å². The first-order valence-corrected chi connectivity index (χ1v) is 6.52. The Labute approximate surface area is 117 Å². The molecule has 0 saturated heterocycles. The molecule has 1 aliphatic heterocycles. The lowest BCUT2D eigenvalue weighted by Gasteiger charge is -2.18. The highest BCUT2D eigenvalue weighted by molar-refractivity contribution is 6.15. The first kappa shape index (κ1) is 12.6. The van der Waals surface area contributed by atoms with Gasteiger partial charge in [0.05, 0.1) is 18.7 Å². The molecule has 0 N–H and O–H groups in total. The van der Waals surface area contributed by atoms with Crippen LogP contribution >= 0.6 is 0 Å². The molecule has 0 aliphatic carbocycles. The minimum atomic E-state index is -0.309. The number of rotatable bonds is 2. The van der Waals surface area contributed by atoms with Crippen molar-refractivity contribution in [1.29, 1.82) is 0 Å². The van der Waals surface area contributed by atoms with Crippen molar-refractivity contribution < 1.29 is 9.53 Å². The van der Waals surface area contributed by atoms with Crippen molar-refractivity contribution in [2.24, 2.45) is 4.99 Å². The molecule has 3 nitrogen and oxygen atoms in total. The molecule has 2 aromatic carbocycles. The number of carbonyl (C=O) groups excluding carboxylic acids is 1. The van der Waals surface area contributed by atoms with Crippen LogP contribution in [0.1, 0.15) is 27.4 Å². The van der Waals surface area contributed by atoms with Gasteiger partial charge in [-0.1, -0.05) is 18.2 Å². The second-order valence-electron chi connectivity index (χ2n) is 4.91. The summed E-state index contributed by atoms with van der Waals surface area (Å²) in [5.74, 6) is 0.571. The number of methoxy groups -OCH3 is 1. The highest BCUT2D eigenvalue weighted by atomic mass is 16.5. The van der Waals surface area contributed by atoms with E-state index < -0.39 is 0 Å². The lowest BCUT2D eigenvalue weighted by atomic mass is 9.88. The Kier molecular flexibility index (Phi) is 3.11. The fourth-order valence-electron chi connectivity index (χ4n) is 2.40. The van der Waals surface area contributed by atoms with Crippen LogP contribution in [0.15, 0.2) is 47.5 Å². The summed E-state index contributed by atoms with van der Waals surface area (Å²) in [6, 6.07) is 13.3.